The van der Waals surface area contributed by atoms with Gasteiger partial charge in [-0.25, -0.2) is 4.99 Å². The van der Waals surface area contributed by atoms with E-state index in [2.05, 4.69) is 76.5 Å². The molecule has 0 amide bonds. The van der Waals surface area contributed by atoms with Crippen molar-refractivity contribution in [2.75, 3.05) is 6.54 Å². The molecule has 3 rings (SSSR count). The molecule has 1 aromatic carbocycles. The number of nitrogens with zero attached hydrogens (tertiary/aromatic N) is 4. The van der Waals surface area contributed by atoms with Gasteiger partial charge in [0.25, 0.3) is 0 Å². The quantitative estimate of drug-likeness (QED) is 0.307. The number of rotatable bonds is 9. The Balaban J connectivity index is 1.53. The van der Waals surface area contributed by atoms with Crippen molar-refractivity contribution < 1.29 is 0 Å². The lowest BCUT2D eigenvalue weighted by Gasteiger charge is -2.12. The second kappa shape index (κ2) is 10.9. The van der Waals surface area contributed by atoms with Gasteiger partial charge in [0.05, 0.1) is 6.54 Å². The second-order valence-electron chi connectivity index (χ2n) is 7.75. The number of thiophene rings is 1. The van der Waals surface area contributed by atoms with E-state index in [1.54, 1.807) is 11.3 Å². The average molecular weight is 425 g/mol. The fourth-order valence-corrected chi connectivity index (χ4v) is 3.71. The van der Waals surface area contributed by atoms with Gasteiger partial charge in [0.1, 0.15) is 12.4 Å². The molecule has 0 unspecified atom stereocenters. The Hall–Kier alpha value is -2.67. The Morgan fingerprint density at radius 3 is 2.57 bits per heavy atom. The van der Waals surface area contributed by atoms with Crippen molar-refractivity contribution in [2.45, 2.75) is 52.6 Å². The summed E-state index contributed by atoms with van der Waals surface area (Å²) in [5, 5.41) is 17.3. The Bertz CT molecular complexity index is 925. The summed E-state index contributed by atoms with van der Waals surface area (Å²) in [6.07, 6.45) is 2.09. The Kier molecular flexibility index (Phi) is 8.02. The van der Waals surface area contributed by atoms with Crippen LogP contribution in [0.25, 0.3) is 0 Å². The molecular weight excluding hydrogens is 392 g/mol. The van der Waals surface area contributed by atoms with Crippen LogP contribution in [0.1, 0.15) is 53.8 Å². The predicted molar refractivity (Wildman–Crippen MR) is 125 cm³/mol. The standard InChI is InChI=1S/C23H32N6S/c1-17(2)20-11-9-19(10-12-20)7-5-13-24-23(25-15-21-8-6-14-30-21)26-16-22-28-27-18(3)29(22)4/h6,8-12,14,17H,5,7,13,15-16H2,1-4H3,(H2,24,25,26). The molecule has 160 valence electrons. The molecule has 0 fully saturated rings. The Morgan fingerprint density at radius 2 is 1.93 bits per heavy atom. The lowest BCUT2D eigenvalue weighted by molar-refractivity contribution is 0.726. The van der Waals surface area contributed by atoms with Crippen LogP contribution in [0.4, 0.5) is 0 Å². The van der Waals surface area contributed by atoms with Gasteiger partial charge in [0.15, 0.2) is 11.8 Å². The normalized spacial score (nSPS) is 11.8. The van der Waals surface area contributed by atoms with Gasteiger partial charge in [0.2, 0.25) is 0 Å². The van der Waals surface area contributed by atoms with E-state index in [4.69, 9.17) is 4.99 Å². The smallest absolute Gasteiger partial charge is 0.192 e. The highest BCUT2D eigenvalue weighted by Crippen LogP contribution is 2.15. The van der Waals surface area contributed by atoms with Crippen LogP contribution < -0.4 is 10.6 Å². The highest BCUT2D eigenvalue weighted by Gasteiger charge is 2.06. The largest absolute Gasteiger partial charge is 0.356 e. The molecule has 7 heteroatoms. The fraction of sp³-hybridized carbons (Fsp3) is 0.435. The van der Waals surface area contributed by atoms with Gasteiger partial charge < -0.3 is 15.2 Å². The van der Waals surface area contributed by atoms with Gasteiger partial charge in [-0.2, -0.15) is 0 Å². The fourth-order valence-electron chi connectivity index (χ4n) is 3.07. The van der Waals surface area contributed by atoms with E-state index in [1.165, 1.54) is 16.0 Å². The first-order valence-corrected chi connectivity index (χ1v) is 11.4. The summed E-state index contributed by atoms with van der Waals surface area (Å²) in [5.74, 6) is 3.13. The van der Waals surface area contributed by atoms with E-state index in [0.29, 0.717) is 12.5 Å². The molecule has 3 aromatic rings. The zero-order valence-electron chi connectivity index (χ0n) is 18.4. The van der Waals surface area contributed by atoms with Crippen LogP contribution in [0.5, 0.6) is 0 Å². The van der Waals surface area contributed by atoms with E-state index in [0.717, 1.165) is 43.5 Å². The van der Waals surface area contributed by atoms with Gasteiger partial charge in [0, 0.05) is 18.5 Å². The summed E-state index contributed by atoms with van der Waals surface area (Å²) in [7, 11) is 1.97. The lowest BCUT2D eigenvalue weighted by atomic mass is 10.0. The van der Waals surface area contributed by atoms with Gasteiger partial charge >= 0.3 is 0 Å². The zero-order valence-corrected chi connectivity index (χ0v) is 19.2. The molecule has 0 spiro atoms. The average Bonchev–Trinajstić information content (AvgIpc) is 3.38. The first-order chi connectivity index (χ1) is 14.5. The molecule has 0 atom stereocenters. The van der Waals surface area contributed by atoms with Crippen molar-refractivity contribution >= 4 is 17.3 Å². The van der Waals surface area contributed by atoms with Gasteiger partial charge in [-0.05, 0) is 48.3 Å². The van der Waals surface area contributed by atoms with E-state index >= 15 is 0 Å². The molecule has 0 aliphatic carbocycles. The molecule has 2 N–H and O–H groups in total. The molecule has 0 saturated heterocycles. The maximum Gasteiger partial charge on any atom is 0.192 e. The van der Waals surface area contributed by atoms with Crippen molar-refractivity contribution in [3.63, 3.8) is 0 Å². The highest BCUT2D eigenvalue weighted by molar-refractivity contribution is 7.09. The first-order valence-electron chi connectivity index (χ1n) is 10.5. The molecular formula is C23H32N6S. The lowest BCUT2D eigenvalue weighted by Crippen LogP contribution is -2.37. The van der Waals surface area contributed by atoms with Crippen molar-refractivity contribution in [3.05, 3.63) is 69.4 Å². The van der Waals surface area contributed by atoms with Crippen molar-refractivity contribution in [1.82, 2.24) is 25.4 Å². The third kappa shape index (κ3) is 6.42. The van der Waals surface area contributed by atoms with Crippen LogP contribution in [0.2, 0.25) is 0 Å². The number of aromatic nitrogens is 3. The van der Waals surface area contributed by atoms with Crippen LogP contribution in [0, 0.1) is 6.92 Å². The van der Waals surface area contributed by atoms with Crippen molar-refractivity contribution in [3.8, 4) is 0 Å². The highest BCUT2D eigenvalue weighted by atomic mass is 32.1. The molecule has 0 bridgehead atoms. The third-order valence-corrected chi connectivity index (χ3v) is 6.03. The number of aryl methyl sites for hydroxylation is 2. The summed E-state index contributed by atoms with van der Waals surface area (Å²) in [6, 6.07) is 13.2. The summed E-state index contributed by atoms with van der Waals surface area (Å²) in [5.41, 5.74) is 2.77. The molecule has 0 aliphatic heterocycles. The number of benzene rings is 1. The Morgan fingerprint density at radius 1 is 1.13 bits per heavy atom. The zero-order chi connectivity index (χ0) is 21.3. The van der Waals surface area contributed by atoms with Crippen LogP contribution in [-0.2, 0) is 26.6 Å². The molecule has 0 radical (unpaired) electrons. The van der Waals surface area contributed by atoms with Crippen LogP contribution in [-0.4, -0.2) is 27.3 Å². The minimum absolute atomic E-state index is 0.494. The summed E-state index contributed by atoms with van der Waals surface area (Å²) >= 11 is 1.74. The third-order valence-electron chi connectivity index (χ3n) is 5.15. The monoisotopic (exact) mass is 424 g/mol. The molecule has 0 saturated carbocycles. The van der Waals surface area contributed by atoms with Crippen LogP contribution in [0.3, 0.4) is 0 Å². The molecule has 30 heavy (non-hydrogen) atoms. The molecule has 2 aromatic heterocycles. The summed E-state index contributed by atoms with van der Waals surface area (Å²) in [6.45, 7) is 8.52. The molecule has 2 heterocycles. The topological polar surface area (TPSA) is 67.1 Å². The van der Waals surface area contributed by atoms with E-state index in [9.17, 15) is 0 Å². The van der Waals surface area contributed by atoms with E-state index in [1.807, 2.05) is 18.5 Å². The number of guanidine groups is 1. The first kappa shape index (κ1) is 22.0. The van der Waals surface area contributed by atoms with Crippen LogP contribution >= 0.6 is 11.3 Å². The predicted octanol–water partition coefficient (Wildman–Crippen LogP) is 4.18. The number of nitrogens with one attached hydrogen (secondary N) is 2. The van der Waals surface area contributed by atoms with Crippen molar-refractivity contribution in [1.29, 1.82) is 0 Å². The maximum atomic E-state index is 4.72. The molecule has 6 nitrogen and oxygen atoms in total. The van der Waals surface area contributed by atoms with Gasteiger partial charge in [-0.3, -0.25) is 0 Å². The summed E-state index contributed by atoms with van der Waals surface area (Å²) < 4.78 is 1.97. The Labute approximate surface area is 183 Å². The molecule has 0 aliphatic rings. The SMILES string of the molecule is Cc1nnc(CN=C(NCCCc2ccc(C(C)C)cc2)NCc2cccs2)n1C. The van der Waals surface area contributed by atoms with E-state index < -0.39 is 0 Å². The van der Waals surface area contributed by atoms with Gasteiger partial charge in [-0.1, -0.05) is 44.2 Å². The second-order valence-corrected chi connectivity index (χ2v) is 8.78. The van der Waals surface area contributed by atoms with Crippen molar-refractivity contribution in [2.24, 2.45) is 12.0 Å². The van der Waals surface area contributed by atoms with E-state index in [-0.39, 0.29) is 0 Å². The van der Waals surface area contributed by atoms with Crippen LogP contribution in [0.15, 0.2) is 46.8 Å². The number of hydrogen-bond acceptors (Lipinski definition) is 4. The number of hydrogen-bond donors (Lipinski definition) is 2. The minimum Gasteiger partial charge on any atom is -0.356 e. The summed E-state index contributed by atoms with van der Waals surface area (Å²) in [4.78, 5) is 6.00. The van der Waals surface area contributed by atoms with Gasteiger partial charge in [-0.15, -0.1) is 21.5 Å². The number of aliphatic imine (C=N–C) groups is 1. The maximum absolute atomic E-state index is 4.72. The minimum atomic E-state index is 0.494.